The molecule has 0 unspecified atom stereocenters. The summed E-state index contributed by atoms with van der Waals surface area (Å²) in [6.07, 6.45) is 0. The van der Waals surface area contributed by atoms with Crippen LogP contribution in [0.4, 0.5) is 0 Å². The molecule has 8 aromatic carbocycles. The molecule has 1 heteroatoms. The Balaban J connectivity index is 1.51. The van der Waals surface area contributed by atoms with Crippen LogP contribution in [0.3, 0.4) is 0 Å². The first kappa shape index (κ1) is 16.3. The van der Waals surface area contributed by atoms with E-state index in [-0.39, 0.29) is 45.7 Å². The predicted molar refractivity (Wildman–Crippen MR) is 180 cm³/mol. The van der Waals surface area contributed by atoms with E-state index in [0.29, 0.717) is 22.3 Å². The van der Waals surface area contributed by atoms with Gasteiger partial charge >= 0.3 is 0 Å². The quantitative estimate of drug-likeness (QED) is 0.190. The first-order valence-electron chi connectivity index (χ1n) is 17.4. The van der Waals surface area contributed by atoms with Crippen LogP contribution in [0.2, 0.25) is 0 Å². The van der Waals surface area contributed by atoms with E-state index in [1.807, 2.05) is 72.8 Å². The second kappa shape index (κ2) is 8.76. The number of benzene rings is 8. The maximum atomic E-state index is 9.29. The third-order valence-corrected chi connectivity index (χ3v) is 9.18. The van der Waals surface area contributed by atoms with Crippen molar-refractivity contribution in [1.82, 2.24) is 0 Å². The van der Waals surface area contributed by atoms with Crippen molar-refractivity contribution in [2.75, 3.05) is 0 Å². The van der Waals surface area contributed by atoms with Crippen LogP contribution in [0.15, 0.2) is 145 Å². The molecular formula is C40H24S. The fourth-order valence-corrected chi connectivity index (χ4v) is 7.42. The number of hydrogen-bond donors (Lipinski definition) is 0. The lowest BCUT2D eigenvalue weighted by atomic mass is 9.84. The Morgan fingerprint density at radius 2 is 1.00 bits per heavy atom. The van der Waals surface area contributed by atoms with E-state index in [4.69, 9.17) is 5.48 Å². The predicted octanol–water partition coefficient (Wildman–Crippen LogP) is 12.0. The molecule has 0 radical (unpaired) electrons. The maximum Gasteiger partial charge on any atom is 0.0629 e. The van der Waals surface area contributed by atoms with Crippen molar-refractivity contribution < 1.29 is 11.0 Å². The van der Waals surface area contributed by atoms with E-state index < -0.39 is 24.2 Å². The summed E-state index contributed by atoms with van der Waals surface area (Å²) in [7, 11) is 0. The molecule has 0 aliphatic rings. The number of fused-ring (bicyclic) bond motifs is 7. The third kappa shape index (κ3) is 3.40. The minimum atomic E-state index is -0.405. The van der Waals surface area contributed by atoms with Gasteiger partial charge in [0, 0.05) is 20.2 Å². The van der Waals surface area contributed by atoms with Gasteiger partial charge in [0.1, 0.15) is 0 Å². The van der Waals surface area contributed by atoms with Gasteiger partial charge in [-0.1, -0.05) is 127 Å². The Kier molecular flexibility index (Phi) is 3.49. The molecule has 0 nitrogen and oxygen atoms in total. The lowest BCUT2D eigenvalue weighted by molar-refractivity contribution is 1.69. The molecule has 1 aromatic heterocycles. The number of thiophene rings is 1. The van der Waals surface area contributed by atoms with Gasteiger partial charge in [-0.25, -0.2) is 0 Å². The lowest BCUT2D eigenvalue weighted by Crippen LogP contribution is -1.91. The van der Waals surface area contributed by atoms with Crippen molar-refractivity contribution in [3.05, 3.63) is 145 Å². The fraction of sp³-hybridized carbons (Fsp3) is 0. The molecule has 0 saturated heterocycles. The zero-order valence-corrected chi connectivity index (χ0v) is 22.5. The summed E-state index contributed by atoms with van der Waals surface area (Å²) in [6, 6.07) is 29.1. The first-order valence-corrected chi connectivity index (χ1v) is 14.3. The summed E-state index contributed by atoms with van der Waals surface area (Å²) in [4.78, 5) is 0. The monoisotopic (exact) mass is 544 g/mol. The molecule has 0 atom stereocenters. The molecule has 0 N–H and O–H groups in total. The van der Waals surface area contributed by atoms with Crippen LogP contribution in [0, 0.1) is 0 Å². The van der Waals surface area contributed by atoms with Crippen LogP contribution in [-0.4, -0.2) is 0 Å². The van der Waals surface area contributed by atoms with Gasteiger partial charge in [0.25, 0.3) is 0 Å². The van der Waals surface area contributed by atoms with Crippen LogP contribution in [0.25, 0.3) is 85.5 Å². The van der Waals surface area contributed by atoms with Crippen molar-refractivity contribution in [2.24, 2.45) is 0 Å². The highest BCUT2D eigenvalue weighted by Gasteiger charge is 2.18. The normalized spacial score (nSPS) is 14.6. The second-order valence-corrected chi connectivity index (χ2v) is 11.4. The van der Waals surface area contributed by atoms with Crippen molar-refractivity contribution in [3.8, 4) is 22.3 Å². The van der Waals surface area contributed by atoms with Crippen LogP contribution < -0.4 is 0 Å². The van der Waals surface area contributed by atoms with E-state index in [1.54, 1.807) is 11.3 Å². The number of hydrogen-bond acceptors (Lipinski definition) is 1. The zero-order chi connectivity index (χ0) is 33.9. The van der Waals surface area contributed by atoms with Crippen molar-refractivity contribution >= 4 is 74.6 Å². The topological polar surface area (TPSA) is 0 Å². The Morgan fingerprint density at radius 3 is 1.73 bits per heavy atom. The standard InChI is InChI=1S/C40H24S/c1-2-12-27-23-38-36(22-26(27)11-1)30-21-20-28(24-37(30)41-38)39-32-15-5-7-17-34(32)40(35-18-8-6-16-33(35)39)31-19-9-13-25-10-3-4-14-29(25)31/h1-24H/i5D,6D,7D,8D,15D,16D,17D,18D. The third-order valence-electron chi connectivity index (χ3n) is 8.06. The Morgan fingerprint density at radius 1 is 0.415 bits per heavy atom. The molecule has 0 aliphatic heterocycles. The molecule has 0 amide bonds. The largest absolute Gasteiger partial charge is 0.135 e. The molecule has 0 aliphatic carbocycles. The average molecular weight is 545 g/mol. The molecule has 0 saturated carbocycles. The van der Waals surface area contributed by atoms with E-state index in [1.165, 1.54) is 0 Å². The SMILES string of the molecule is [2H]c1c([2H])c([2H])c2c(-c3cccc4ccccc34)c3c([2H])c([2H])c([2H])c([2H])c3c(-c3ccc4c(c3)sc3cc5ccccc5cc34)c2c1[2H]. The minimum Gasteiger partial charge on any atom is -0.135 e. The van der Waals surface area contributed by atoms with Gasteiger partial charge in [0.15, 0.2) is 0 Å². The number of rotatable bonds is 2. The van der Waals surface area contributed by atoms with Crippen molar-refractivity contribution in [1.29, 1.82) is 0 Å². The van der Waals surface area contributed by atoms with Crippen LogP contribution in [0.5, 0.6) is 0 Å². The molecule has 9 aromatic rings. The zero-order valence-electron chi connectivity index (χ0n) is 29.6. The minimum absolute atomic E-state index is 0.220. The van der Waals surface area contributed by atoms with Crippen LogP contribution in [0.1, 0.15) is 11.0 Å². The Bertz CT molecular complexity index is 2840. The second-order valence-electron chi connectivity index (χ2n) is 10.3. The highest BCUT2D eigenvalue weighted by atomic mass is 32.1. The van der Waals surface area contributed by atoms with Crippen molar-refractivity contribution in [3.63, 3.8) is 0 Å². The molecule has 0 bridgehead atoms. The Labute approximate surface area is 253 Å². The first-order chi connectivity index (χ1) is 23.7. The molecule has 41 heavy (non-hydrogen) atoms. The van der Waals surface area contributed by atoms with E-state index in [9.17, 15) is 5.48 Å². The maximum absolute atomic E-state index is 9.29. The van der Waals surface area contributed by atoms with Gasteiger partial charge in [0.2, 0.25) is 0 Å². The lowest BCUT2D eigenvalue weighted by Gasteiger charge is -2.18. The summed E-state index contributed by atoms with van der Waals surface area (Å²) in [5.74, 6) is 0. The van der Waals surface area contributed by atoms with Gasteiger partial charge in [0.05, 0.1) is 11.0 Å². The highest BCUT2D eigenvalue weighted by molar-refractivity contribution is 7.25. The fourth-order valence-electron chi connectivity index (χ4n) is 6.24. The smallest absolute Gasteiger partial charge is 0.0629 e. The summed E-state index contributed by atoms with van der Waals surface area (Å²) >= 11 is 1.62. The van der Waals surface area contributed by atoms with Gasteiger partial charge in [-0.3, -0.25) is 0 Å². The summed E-state index contributed by atoms with van der Waals surface area (Å²) in [6.45, 7) is 0. The molecule has 0 fully saturated rings. The van der Waals surface area contributed by atoms with Crippen LogP contribution in [-0.2, 0) is 0 Å². The molecule has 9 rings (SSSR count). The van der Waals surface area contributed by atoms with Gasteiger partial charge in [-0.2, -0.15) is 0 Å². The van der Waals surface area contributed by atoms with Gasteiger partial charge in [-0.15, -0.1) is 11.3 Å². The van der Waals surface area contributed by atoms with E-state index in [2.05, 4.69) is 24.3 Å². The highest BCUT2D eigenvalue weighted by Crippen LogP contribution is 2.46. The summed E-state index contributed by atoms with van der Waals surface area (Å²) in [5, 5.41) is 7.00. The summed E-state index contributed by atoms with van der Waals surface area (Å²) in [5.41, 5.74) is 1.96. The molecule has 190 valence electrons. The molecule has 1 heterocycles. The molecule has 0 spiro atoms. The van der Waals surface area contributed by atoms with E-state index in [0.717, 1.165) is 41.7 Å². The molecular weight excluding hydrogens is 513 g/mol. The van der Waals surface area contributed by atoms with Crippen LogP contribution >= 0.6 is 11.3 Å². The van der Waals surface area contributed by atoms with Crippen molar-refractivity contribution in [2.45, 2.75) is 0 Å². The average Bonchev–Trinajstić information content (AvgIpc) is 3.48. The summed E-state index contributed by atoms with van der Waals surface area (Å²) < 4.78 is 74.1. The van der Waals surface area contributed by atoms with Gasteiger partial charge < -0.3 is 0 Å². The Hall–Kier alpha value is -4.98. The van der Waals surface area contributed by atoms with Gasteiger partial charge in [-0.05, 0) is 83.5 Å². The van der Waals surface area contributed by atoms with E-state index >= 15 is 0 Å².